The Morgan fingerprint density at radius 3 is 2.60 bits per heavy atom. The van der Waals surface area contributed by atoms with Crippen LogP contribution >= 0.6 is 0 Å². The van der Waals surface area contributed by atoms with Gasteiger partial charge in [0.05, 0.1) is 12.6 Å². The van der Waals surface area contributed by atoms with Gasteiger partial charge in [0.15, 0.2) is 0 Å². The summed E-state index contributed by atoms with van der Waals surface area (Å²) >= 11 is 0. The van der Waals surface area contributed by atoms with Crippen LogP contribution in [0.5, 0.6) is 0 Å². The van der Waals surface area contributed by atoms with Gasteiger partial charge in [-0.3, -0.25) is 14.5 Å². The molecule has 136 valence electrons. The van der Waals surface area contributed by atoms with Crippen molar-refractivity contribution < 1.29 is 9.59 Å². The van der Waals surface area contributed by atoms with Crippen LogP contribution in [-0.4, -0.2) is 78.9 Å². The number of likely N-dealkylation sites (N-methyl/N-ethyl adjacent to an activating group) is 1. The maximum Gasteiger partial charge on any atom is 0.240 e. The Balaban J connectivity index is 1.55. The van der Waals surface area contributed by atoms with Gasteiger partial charge in [0.2, 0.25) is 11.8 Å². The molecule has 1 aromatic rings. The fourth-order valence-corrected chi connectivity index (χ4v) is 3.63. The Hall–Kier alpha value is -1.92. The largest absolute Gasteiger partial charge is 0.340 e. The van der Waals surface area contributed by atoms with Crippen LogP contribution in [-0.2, 0) is 16.1 Å². The summed E-state index contributed by atoms with van der Waals surface area (Å²) in [4.78, 5) is 31.1. The van der Waals surface area contributed by atoms with Crippen molar-refractivity contribution in [3.05, 3.63) is 35.9 Å². The zero-order chi connectivity index (χ0) is 17.6. The number of nitrogens with one attached hydrogen (secondary N) is 1. The molecule has 6 nitrogen and oxygen atoms in total. The van der Waals surface area contributed by atoms with Crippen LogP contribution in [0.25, 0.3) is 0 Å². The number of carbonyl (C=O) groups is 2. The maximum atomic E-state index is 12.8. The molecule has 0 bridgehead atoms. The molecule has 6 heteroatoms. The lowest BCUT2D eigenvalue weighted by Gasteiger charge is -2.33. The summed E-state index contributed by atoms with van der Waals surface area (Å²) in [6.45, 7) is 5.01. The standard InChI is InChI=1S/C19H28N4O2/c1-21(14-16-6-3-2-4-7-16)18(24)15-23-11-5-8-17(23)19(25)22-12-9-20-10-13-22/h2-4,6-7,17,20H,5,8-15H2,1H3. The smallest absolute Gasteiger partial charge is 0.240 e. The third kappa shape index (κ3) is 4.58. The molecule has 0 spiro atoms. The molecule has 2 amide bonds. The van der Waals surface area contributed by atoms with Crippen LogP contribution in [0.3, 0.4) is 0 Å². The van der Waals surface area contributed by atoms with Gasteiger partial charge in [-0.1, -0.05) is 30.3 Å². The second kappa shape index (κ2) is 8.45. The molecule has 0 saturated carbocycles. The minimum Gasteiger partial charge on any atom is -0.340 e. The highest BCUT2D eigenvalue weighted by molar-refractivity contribution is 5.84. The zero-order valence-electron chi connectivity index (χ0n) is 15.0. The number of hydrogen-bond donors (Lipinski definition) is 1. The van der Waals surface area contributed by atoms with E-state index in [4.69, 9.17) is 0 Å². The second-order valence-electron chi connectivity index (χ2n) is 6.94. The van der Waals surface area contributed by atoms with Crippen molar-refractivity contribution in [2.45, 2.75) is 25.4 Å². The summed E-state index contributed by atoms with van der Waals surface area (Å²) in [5, 5.41) is 3.27. The molecule has 1 aromatic carbocycles. The van der Waals surface area contributed by atoms with E-state index in [0.717, 1.165) is 51.1 Å². The average molecular weight is 344 g/mol. The molecule has 1 atom stereocenters. The number of nitrogens with zero attached hydrogens (tertiary/aromatic N) is 3. The van der Waals surface area contributed by atoms with Gasteiger partial charge in [-0.05, 0) is 24.9 Å². The average Bonchev–Trinajstić information content (AvgIpc) is 3.10. The van der Waals surface area contributed by atoms with Crippen LogP contribution in [0, 0.1) is 0 Å². The second-order valence-corrected chi connectivity index (χ2v) is 6.94. The molecule has 25 heavy (non-hydrogen) atoms. The van der Waals surface area contributed by atoms with Crippen LogP contribution in [0.1, 0.15) is 18.4 Å². The third-order valence-corrected chi connectivity index (χ3v) is 5.10. The highest BCUT2D eigenvalue weighted by atomic mass is 16.2. The Kier molecular flexibility index (Phi) is 6.04. The number of benzene rings is 1. The molecule has 2 saturated heterocycles. The zero-order valence-corrected chi connectivity index (χ0v) is 15.0. The first-order valence-corrected chi connectivity index (χ1v) is 9.16. The van der Waals surface area contributed by atoms with Crippen LogP contribution in [0.2, 0.25) is 0 Å². The number of carbonyl (C=O) groups excluding carboxylic acids is 2. The molecule has 2 heterocycles. The van der Waals surface area contributed by atoms with Crippen molar-refractivity contribution in [3.63, 3.8) is 0 Å². The number of amides is 2. The molecule has 2 aliphatic rings. The molecule has 3 rings (SSSR count). The first kappa shape index (κ1) is 17.9. The molecule has 0 aliphatic carbocycles. The van der Waals surface area contributed by atoms with Crippen LogP contribution < -0.4 is 5.32 Å². The van der Waals surface area contributed by atoms with E-state index in [-0.39, 0.29) is 17.9 Å². The Bertz CT molecular complexity index is 586. The van der Waals surface area contributed by atoms with Gasteiger partial charge < -0.3 is 15.1 Å². The summed E-state index contributed by atoms with van der Waals surface area (Å²) in [6, 6.07) is 9.86. The lowest BCUT2D eigenvalue weighted by atomic mass is 10.1. The minimum absolute atomic E-state index is 0.0730. The van der Waals surface area contributed by atoms with E-state index in [2.05, 4.69) is 10.2 Å². The Morgan fingerprint density at radius 1 is 1.16 bits per heavy atom. The molecule has 1 N–H and O–H groups in total. The van der Waals surface area contributed by atoms with E-state index in [1.165, 1.54) is 0 Å². The van der Waals surface area contributed by atoms with Crippen molar-refractivity contribution in [3.8, 4) is 0 Å². The van der Waals surface area contributed by atoms with E-state index in [1.54, 1.807) is 4.90 Å². The highest BCUT2D eigenvalue weighted by Crippen LogP contribution is 2.20. The summed E-state index contributed by atoms with van der Waals surface area (Å²) < 4.78 is 0. The number of hydrogen-bond acceptors (Lipinski definition) is 4. The molecular weight excluding hydrogens is 316 g/mol. The van der Waals surface area contributed by atoms with Gasteiger partial charge in [0.25, 0.3) is 0 Å². The van der Waals surface area contributed by atoms with Crippen molar-refractivity contribution >= 4 is 11.8 Å². The Labute approximate surface area is 149 Å². The van der Waals surface area contributed by atoms with Gasteiger partial charge >= 0.3 is 0 Å². The highest BCUT2D eigenvalue weighted by Gasteiger charge is 2.35. The Morgan fingerprint density at radius 2 is 1.88 bits per heavy atom. The minimum atomic E-state index is -0.132. The third-order valence-electron chi connectivity index (χ3n) is 5.10. The summed E-state index contributed by atoms with van der Waals surface area (Å²) in [6.07, 6.45) is 1.84. The summed E-state index contributed by atoms with van der Waals surface area (Å²) in [5.41, 5.74) is 1.12. The molecule has 2 fully saturated rings. The normalized spacial score (nSPS) is 21.3. The van der Waals surface area contributed by atoms with Crippen LogP contribution in [0.15, 0.2) is 30.3 Å². The molecule has 0 aromatic heterocycles. The van der Waals surface area contributed by atoms with Crippen molar-refractivity contribution in [2.75, 3.05) is 46.3 Å². The predicted molar refractivity (Wildman–Crippen MR) is 97.0 cm³/mol. The molecule has 2 aliphatic heterocycles. The van der Waals surface area contributed by atoms with Gasteiger partial charge in [-0.2, -0.15) is 0 Å². The van der Waals surface area contributed by atoms with E-state index >= 15 is 0 Å². The molecule has 0 radical (unpaired) electrons. The quantitative estimate of drug-likeness (QED) is 0.847. The lowest BCUT2D eigenvalue weighted by molar-refractivity contribution is -0.138. The summed E-state index contributed by atoms with van der Waals surface area (Å²) in [7, 11) is 1.83. The fourth-order valence-electron chi connectivity index (χ4n) is 3.63. The van der Waals surface area contributed by atoms with E-state index in [0.29, 0.717) is 13.1 Å². The molecular formula is C19H28N4O2. The van der Waals surface area contributed by atoms with E-state index in [9.17, 15) is 9.59 Å². The van der Waals surface area contributed by atoms with Crippen molar-refractivity contribution in [1.29, 1.82) is 0 Å². The SMILES string of the molecule is CN(Cc1ccccc1)C(=O)CN1CCCC1C(=O)N1CCNCC1. The lowest BCUT2D eigenvalue weighted by Crippen LogP contribution is -2.53. The van der Waals surface area contributed by atoms with Crippen molar-refractivity contribution in [1.82, 2.24) is 20.0 Å². The van der Waals surface area contributed by atoms with Crippen LogP contribution in [0.4, 0.5) is 0 Å². The first-order chi connectivity index (χ1) is 12.1. The monoisotopic (exact) mass is 344 g/mol. The fraction of sp³-hybridized carbons (Fsp3) is 0.579. The topological polar surface area (TPSA) is 55.9 Å². The van der Waals surface area contributed by atoms with E-state index < -0.39 is 0 Å². The van der Waals surface area contributed by atoms with E-state index in [1.807, 2.05) is 42.3 Å². The van der Waals surface area contributed by atoms with Gasteiger partial charge in [0.1, 0.15) is 0 Å². The van der Waals surface area contributed by atoms with Gasteiger partial charge in [-0.25, -0.2) is 0 Å². The number of likely N-dealkylation sites (tertiary alicyclic amines) is 1. The summed E-state index contributed by atoms with van der Waals surface area (Å²) in [5.74, 6) is 0.265. The predicted octanol–water partition coefficient (Wildman–Crippen LogP) is 0.541. The van der Waals surface area contributed by atoms with Crippen molar-refractivity contribution in [2.24, 2.45) is 0 Å². The molecule has 1 unspecified atom stereocenters. The van der Waals surface area contributed by atoms with Gasteiger partial charge in [-0.15, -0.1) is 0 Å². The first-order valence-electron chi connectivity index (χ1n) is 9.16. The van der Waals surface area contributed by atoms with Gasteiger partial charge in [0, 0.05) is 39.8 Å². The number of rotatable bonds is 5. The maximum absolute atomic E-state index is 12.8. The number of piperazine rings is 1.